The molecule has 0 bridgehead atoms. The molecule has 1 aliphatic rings. The van der Waals surface area contributed by atoms with E-state index in [9.17, 15) is 10.1 Å². The molecule has 0 aliphatic heterocycles. The van der Waals surface area contributed by atoms with Gasteiger partial charge in [0, 0.05) is 15.8 Å². The van der Waals surface area contributed by atoms with E-state index in [2.05, 4.69) is 15.9 Å². The van der Waals surface area contributed by atoms with E-state index in [0.29, 0.717) is 17.1 Å². The van der Waals surface area contributed by atoms with Crippen molar-refractivity contribution in [3.63, 3.8) is 0 Å². The fourth-order valence-electron chi connectivity index (χ4n) is 3.02. The first-order chi connectivity index (χ1) is 10.1. The van der Waals surface area contributed by atoms with Gasteiger partial charge in [-0.05, 0) is 50.5 Å². The second kappa shape index (κ2) is 5.64. The molecule has 110 valence electrons. The van der Waals surface area contributed by atoms with Crippen molar-refractivity contribution in [1.82, 2.24) is 4.73 Å². The third-order valence-electron chi connectivity index (χ3n) is 4.14. The van der Waals surface area contributed by atoms with Gasteiger partial charge < -0.3 is 5.21 Å². The highest BCUT2D eigenvalue weighted by atomic mass is 79.9. The molecule has 0 amide bonds. The summed E-state index contributed by atoms with van der Waals surface area (Å²) >= 11 is 3.40. The van der Waals surface area contributed by atoms with E-state index < -0.39 is 0 Å². The Labute approximate surface area is 131 Å². The molecule has 1 aliphatic carbocycles. The monoisotopic (exact) mass is 349 g/mol. The molecular formula is C16H18BrN2O2+. The van der Waals surface area contributed by atoms with Gasteiger partial charge in [0.2, 0.25) is 0 Å². The average molecular weight is 350 g/mol. The molecule has 21 heavy (non-hydrogen) atoms. The molecular weight excluding hydrogens is 332 g/mol. The SMILES string of the molecule is Cc1c(-c2ccc(Br)cc2)[n+](=O)c2c(n1O)CCCCC2. The summed E-state index contributed by atoms with van der Waals surface area (Å²) in [6.45, 7) is 1.79. The van der Waals surface area contributed by atoms with Crippen LogP contribution >= 0.6 is 15.9 Å². The average Bonchev–Trinajstić information content (AvgIpc) is 2.73. The van der Waals surface area contributed by atoms with Crippen molar-refractivity contribution in [2.75, 3.05) is 0 Å². The minimum atomic E-state index is 0.533. The van der Waals surface area contributed by atoms with Gasteiger partial charge in [0.25, 0.3) is 11.4 Å². The van der Waals surface area contributed by atoms with Crippen LogP contribution in [0.5, 0.6) is 0 Å². The number of fused-ring (bicyclic) bond motifs is 1. The van der Waals surface area contributed by atoms with Crippen LogP contribution in [0.2, 0.25) is 0 Å². The summed E-state index contributed by atoms with van der Waals surface area (Å²) in [7, 11) is 0. The molecule has 3 rings (SSSR count). The third kappa shape index (κ3) is 2.50. The Hall–Kier alpha value is -1.62. The first-order valence-electron chi connectivity index (χ1n) is 7.24. The van der Waals surface area contributed by atoms with Crippen LogP contribution in [0.25, 0.3) is 11.3 Å². The standard InChI is InChI=1S/C16H18BrN2O2/c1-11-16(12-7-9-13(17)10-8-12)19(21)15-6-4-2-3-5-14(15)18(11)20/h7-10,20H,2-6H2,1H3/q+1. The smallest absolute Gasteiger partial charge is 0.292 e. The Morgan fingerprint density at radius 1 is 1.14 bits per heavy atom. The van der Waals surface area contributed by atoms with Crippen LogP contribution in [0.4, 0.5) is 0 Å². The second-order valence-electron chi connectivity index (χ2n) is 5.50. The Morgan fingerprint density at radius 2 is 1.81 bits per heavy atom. The van der Waals surface area contributed by atoms with Crippen molar-refractivity contribution in [3.05, 3.63) is 50.7 Å². The number of nitrogens with zero attached hydrogens (tertiary/aromatic N) is 2. The maximum atomic E-state index is 12.8. The zero-order valence-electron chi connectivity index (χ0n) is 12.0. The van der Waals surface area contributed by atoms with Crippen LogP contribution in [-0.2, 0) is 12.8 Å². The van der Waals surface area contributed by atoms with Gasteiger partial charge in [-0.1, -0.05) is 22.4 Å². The van der Waals surface area contributed by atoms with E-state index >= 15 is 0 Å². The van der Waals surface area contributed by atoms with Gasteiger partial charge in [0.1, 0.15) is 11.4 Å². The summed E-state index contributed by atoms with van der Waals surface area (Å²) in [6, 6.07) is 7.60. The summed E-state index contributed by atoms with van der Waals surface area (Å²) in [5.41, 5.74) is 3.42. The maximum Gasteiger partial charge on any atom is 0.292 e. The first kappa shape index (κ1) is 14.3. The Bertz CT molecular complexity index is 735. The lowest BCUT2D eigenvalue weighted by Gasteiger charge is -2.10. The van der Waals surface area contributed by atoms with Crippen molar-refractivity contribution in [1.29, 1.82) is 0 Å². The maximum absolute atomic E-state index is 12.8. The van der Waals surface area contributed by atoms with E-state index in [1.165, 1.54) is 4.73 Å². The quantitative estimate of drug-likeness (QED) is 0.485. The van der Waals surface area contributed by atoms with Gasteiger partial charge >= 0.3 is 0 Å². The molecule has 2 aromatic rings. The molecule has 1 N–H and O–H groups in total. The zero-order chi connectivity index (χ0) is 15.0. The van der Waals surface area contributed by atoms with Crippen molar-refractivity contribution < 1.29 is 9.63 Å². The first-order valence-corrected chi connectivity index (χ1v) is 8.04. The number of hydrogen-bond acceptors (Lipinski definition) is 2. The molecule has 1 aromatic carbocycles. The van der Waals surface area contributed by atoms with Crippen LogP contribution in [0.1, 0.15) is 36.3 Å². The van der Waals surface area contributed by atoms with Crippen molar-refractivity contribution >= 4 is 15.9 Å². The lowest BCUT2D eigenvalue weighted by atomic mass is 10.1. The number of rotatable bonds is 1. The predicted octanol–water partition coefficient (Wildman–Crippen LogP) is 3.65. The van der Waals surface area contributed by atoms with Crippen LogP contribution < -0.4 is 4.43 Å². The largest absolute Gasteiger partial charge is 0.428 e. The fourth-order valence-corrected chi connectivity index (χ4v) is 3.28. The molecule has 0 saturated heterocycles. The molecule has 0 saturated carbocycles. The third-order valence-corrected chi connectivity index (χ3v) is 4.67. The number of halogens is 1. The van der Waals surface area contributed by atoms with E-state index in [1.807, 2.05) is 24.3 Å². The highest BCUT2D eigenvalue weighted by Gasteiger charge is 2.29. The van der Waals surface area contributed by atoms with Gasteiger partial charge in [0.15, 0.2) is 0 Å². The topological polar surface area (TPSA) is 48.1 Å². The minimum absolute atomic E-state index is 0.533. The number of aromatic nitrogens is 2. The number of hydrogen-bond donors (Lipinski definition) is 1. The molecule has 5 heteroatoms. The minimum Gasteiger partial charge on any atom is -0.428 e. The van der Waals surface area contributed by atoms with E-state index in [1.54, 1.807) is 6.92 Å². The van der Waals surface area contributed by atoms with Gasteiger partial charge in [-0.3, -0.25) is 0 Å². The summed E-state index contributed by atoms with van der Waals surface area (Å²) in [4.78, 5) is 12.8. The molecule has 0 radical (unpaired) electrons. The summed E-state index contributed by atoms with van der Waals surface area (Å²) in [6.07, 6.45) is 4.60. The lowest BCUT2D eigenvalue weighted by Crippen LogP contribution is -2.31. The molecule has 1 heterocycles. The van der Waals surface area contributed by atoms with Crippen molar-refractivity contribution in [3.8, 4) is 11.3 Å². The zero-order valence-corrected chi connectivity index (χ0v) is 13.6. The van der Waals surface area contributed by atoms with E-state index in [-0.39, 0.29) is 0 Å². The molecule has 0 fully saturated rings. The highest BCUT2D eigenvalue weighted by molar-refractivity contribution is 9.10. The van der Waals surface area contributed by atoms with Gasteiger partial charge in [0.05, 0.1) is 9.99 Å². The molecule has 0 unspecified atom stereocenters. The summed E-state index contributed by atoms with van der Waals surface area (Å²) in [5.74, 6) is 0. The molecule has 0 atom stereocenters. The van der Waals surface area contributed by atoms with Gasteiger partial charge in [-0.2, -0.15) is 4.73 Å². The van der Waals surface area contributed by atoms with Crippen molar-refractivity contribution in [2.24, 2.45) is 0 Å². The fraction of sp³-hybridized carbons (Fsp3) is 0.375. The highest BCUT2D eigenvalue weighted by Crippen LogP contribution is 2.25. The normalized spacial score (nSPS) is 14.6. The summed E-state index contributed by atoms with van der Waals surface area (Å²) in [5, 5.41) is 10.4. The van der Waals surface area contributed by atoms with Crippen LogP contribution in [-0.4, -0.2) is 9.94 Å². The Kier molecular flexibility index (Phi) is 3.85. The molecule has 4 nitrogen and oxygen atoms in total. The Morgan fingerprint density at radius 3 is 2.52 bits per heavy atom. The second-order valence-corrected chi connectivity index (χ2v) is 6.42. The molecule has 1 aromatic heterocycles. The van der Waals surface area contributed by atoms with Crippen LogP contribution in [0, 0.1) is 11.8 Å². The Balaban J connectivity index is 2.27. The lowest BCUT2D eigenvalue weighted by molar-refractivity contribution is -0.495. The van der Waals surface area contributed by atoms with Crippen molar-refractivity contribution in [2.45, 2.75) is 39.0 Å². The van der Waals surface area contributed by atoms with E-state index in [0.717, 1.165) is 52.3 Å². The summed E-state index contributed by atoms with van der Waals surface area (Å²) < 4.78 is 3.20. The number of benzene rings is 1. The molecule has 0 spiro atoms. The van der Waals surface area contributed by atoms with Gasteiger partial charge in [-0.25, -0.2) is 0 Å². The van der Waals surface area contributed by atoms with E-state index in [4.69, 9.17) is 0 Å². The van der Waals surface area contributed by atoms with Crippen LogP contribution in [0.3, 0.4) is 0 Å². The van der Waals surface area contributed by atoms with Crippen LogP contribution in [0.15, 0.2) is 28.7 Å². The van der Waals surface area contributed by atoms with Gasteiger partial charge in [-0.15, -0.1) is 0 Å². The predicted molar refractivity (Wildman–Crippen MR) is 84.1 cm³/mol.